The fraction of sp³-hybridized carbons (Fsp3) is 0.125. The minimum atomic E-state index is -0.184. The van der Waals surface area contributed by atoms with Crippen molar-refractivity contribution in [2.45, 2.75) is 13.8 Å². The molecule has 0 amide bonds. The van der Waals surface area contributed by atoms with Gasteiger partial charge < -0.3 is 9.84 Å². The van der Waals surface area contributed by atoms with Crippen molar-refractivity contribution < 1.29 is 14.6 Å². The summed E-state index contributed by atoms with van der Waals surface area (Å²) in [4.78, 5) is 18.9. The van der Waals surface area contributed by atoms with Crippen LogP contribution in [0, 0.1) is 13.8 Å². The van der Waals surface area contributed by atoms with Crippen LogP contribution in [0.25, 0.3) is 11.0 Å². The summed E-state index contributed by atoms with van der Waals surface area (Å²) in [6.07, 6.45) is 3.70. The molecule has 4 rings (SSSR count). The molecular formula is C16H12N2O3S. The molecule has 0 spiro atoms. The monoisotopic (exact) mass is 312 g/mol. The highest BCUT2D eigenvalue weighted by Crippen LogP contribution is 2.35. The van der Waals surface area contributed by atoms with Gasteiger partial charge in [-0.3, -0.25) is 9.20 Å². The summed E-state index contributed by atoms with van der Waals surface area (Å²) in [5.41, 5.74) is 2.14. The number of thiazole rings is 1. The number of hydrogen-bond donors (Lipinski definition) is 1. The molecule has 0 radical (unpaired) electrons. The second-order valence-electron chi connectivity index (χ2n) is 5.20. The molecule has 0 fully saturated rings. The number of ketones is 1. The number of phenolic OH excluding ortho intramolecular Hbond substituents is 1. The standard InChI is InChI=1S/C16H12N2O3S/c1-8-7-18-12(9(2)17-16(18)22-8)6-14-15(20)11-4-3-10(19)5-13(11)21-14/h3-7,19H,1-2H3. The first kappa shape index (κ1) is 13.1. The molecule has 2 aromatic heterocycles. The largest absolute Gasteiger partial charge is 0.508 e. The second kappa shape index (κ2) is 4.45. The van der Waals surface area contributed by atoms with Crippen LogP contribution in [-0.4, -0.2) is 20.3 Å². The summed E-state index contributed by atoms with van der Waals surface area (Å²) in [5.74, 6) is 0.519. The zero-order chi connectivity index (χ0) is 15.4. The zero-order valence-electron chi connectivity index (χ0n) is 12.0. The van der Waals surface area contributed by atoms with E-state index in [1.807, 2.05) is 24.4 Å². The van der Waals surface area contributed by atoms with Crippen molar-refractivity contribution in [3.63, 3.8) is 0 Å². The molecular weight excluding hydrogens is 300 g/mol. The number of carbonyl (C=O) groups excluding carboxylic acids is 1. The van der Waals surface area contributed by atoms with E-state index in [4.69, 9.17) is 4.74 Å². The highest BCUT2D eigenvalue weighted by Gasteiger charge is 2.28. The molecule has 0 unspecified atom stereocenters. The number of nitrogens with zero attached hydrogens (tertiary/aromatic N) is 2. The Balaban J connectivity index is 1.83. The van der Waals surface area contributed by atoms with Gasteiger partial charge in [0, 0.05) is 23.2 Å². The number of hydrogen-bond acceptors (Lipinski definition) is 5. The van der Waals surface area contributed by atoms with Gasteiger partial charge in [-0.1, -0.05) is 0 Å². The van der Waals surface area contributed by atoms with Gasteiger partial charge in [-0.2, -0.15) is 0 Å². The summed E-state index contributed by atoms with van der Waals surface area (Å²) in [6.45, 7) is 3.92. The highest BCUT2D eigenvalue weighted by molar-refractivity contribution is 7.17. The van der Waals surface area contributed by atoms with Gasteiger partial charge in [0.15, 0.2) is 10.7 Å². The van der Waals surface area contributed by atoms with E-state index in [2.05, 4.69) is 4.98 Å². The topological polar surface area (TPSA) is 63.8 Å². The number of allylic oxidation sites excluding steroid dienone is 1. The van der Waals surface area contributed by atoms with Gasteiger partial charge in [0.1, 0.15) is 11.5 Å². The van der Waals surface area contributed by atoms with E-state index in [1.165, 1.54) is 12.1 Å². The van der Waals surface area contributed by atoms with Crippen molar-refractivity contribution in [2.75, 3.05) is 0 Å². The van der Waals surface area contributed by atoms with Gasteiger partial charge in [-0.25, -0.2) is 4.98 Å². The highest BCUT2D eigenvalue weighted by atomic mass is 32.1. The first-order valence-corrected chi connectivity index (χ1v) is 7.57. The van der Waals surface area contributed by atoms with E-state index in [1.54, 1.807) is 23.5 Å². The number of aromatic hydroxyl groups is 1. The molecule has 110 valence electrons. The molecule has 3 aromatic rings. The lowest BCUT2D eigenvalue weighted by molar-refractivity contribution is 0.101. The average molecular weight is 312 g/mol. The average Bonchev–Trinajstić information content (AvgIpc) is 3.04. The van der Waals surface area contributed by atoms with Crippen LogP contribution in [0.2, 0.25) is 0 Å². The predicted molar refractivity (Wildman–Crippen MR) is 83.6 cm³/mol. The van der Waals surface area contributed by atoms with Gasteiger partial charge in [0.05, 0.1) is 17.0 Å². The Morgan fingerprint density at radius 1 is 1.36 bits per heavy atom. The molecule has 1 N–H and O–H groups in total. The zero-order valence-corrected chi connectivity index (χ0v) is 12.8. The SMILES string of the molecule is Cc1cn2c(C=C3Oc4cc(O)ccc4C3=O)c(C)nc2s1. The van der Waals surface area contributed by atoms with Crippen LogP contribution in [0.3, 0.4) is 0 Å². The van der Waals surface area contributed by atoms with Crippen LogP contribution in [0.15, 0.2) is 30.2 Å². The Kier molecular flexibility index (Phi) is 2.65. The first-order valence-electron chi connectivity index (χ1n) is 6.75. The van der Waals surface area contributed by atoms with Crippen molar-refractivity contribution in [2.24, 2.45) is 0 Å². The summed E-state index contributed by atoms with van der Waals surface area (Å²) >= 11 is 1.60. The number of benzene rings is 1. The van der Waals surface area contributed by atoms with Crippen LogP contribution in [0.1, 0.15) is 26.6 Å². The fourth-order valence-corrected chi connectivity index (χ4v) is 3.43. The van der Waals surface area contributed by atoms with Gasteiger partial charge in [-0.05, 0) is 26.0 Å². The van der Waals surface area contributed by atoms with Crippen LogP contribution in [-0.2, 0) is 0 Å². The molecule has 0 atom stereocenters. The number of phenols is 1. The van der Waals surface area contributed by atoms with Crippen molar-refractivity contribution >= 4 is 28.2 Å². The van der Waals surface area contributed by atoms with Crippen LogP contribution in [0.4, 0.5) is 0 Å². The lowest BCUT2D eigenvalue weighted by Crippen LogP contribution is -1.99. The molecule has 1 aliphatic heterocycles. The summed E-state index contributed by atoms with van der Waals surface area (Å²) in [5, 5.41) is 9.49. The number of fused-ring (bicyclic) bond motifs is 2. The maximum Gasteiger partial charge on any atom is 0.232 e. The van der Waals surface area contributed by atoms with Crippen molar-refractivity contribution in [3.05, 3.63) is 52.0 Å². The van der Waals surface area contributed by atoms with E-state index in [-0.39, 0.29) is 17.3 Å². The third kappa shape index (κ3) is 1.84. The Morgan fingerprint density at radius 2 is 2.18 bits per heavy atom. The fourth-order valence-electron chi connectivity index (χ4n) is 2.55. The molecule has 0 aliphatic carbocycles. The lowest BCUT2D eigenvalue weighted by atomic mass is 10.1. The minimum Gasteiger partial charge on any atom is -0.508 e. The van der Waals surface area contributed by atoms with Gasteiger partial charge >= 0.3 is 0 Å². The van der Waals surface area contributed by atoms with Crippen LogP contribution >= 0.6 is 11.3 Å². The molecule has 22 heavy (non-hydrogen) atoms. The normalized spacial score (nSPS) is 15.5. The van der Waals surface area contributed by atoms with E-state index in [0.29, 0.717) is 11.3 Å². The van der Waals surface area contributed by atoms with E-state index in [9.17, 15) is 9.90 Å². The number of aryl methyl sites for hydroxylation is 2. The van der Waals surface area contributed by atoms with Crippen LogP contribution < -0.4 is 4.74 Å². The summed E-state index contributed by atoms with van der Waals surface area (Å²) in [6, 6.07) is 4.50. The molecule has 6 heteroatoms. The van der Waals surface area contributed by atoms with Crippen molar-refractivity contribution in [3.8, 4) is 11.5 Å². The molecule has 0 saturated carbocycles. The summed E-state index contributed by atoms with van der Waals surface area (Å²) < 4.78 is 7.56. The molecule has 0 bridgehead atoms. The molecule has 5 nitrogen and oxygen atoms in total. The number of Topliss-reactive ketones (excluding diaryl/α,β-unsaturated/α-hetero) is 1. The van der Waals surface area contributed by atoms with Gasteiger partial charge in [0.2, 0.25) is 5.78 Å². The molecule has 1 aliphatic rings. The number of ether oxygens (including phenoxy) is 1. The first-order chi connectivity index (χ1) is 10.5. The maximum absolute atomic E-state index is 12.4. The lowest BCUT2D eigenvalue weighted by Gasteiger charge is -1.99. The third-order valence-electron chi connectivity index (χ3n) is 3.58. The minimum absolute atomic E-state index is 0.0733. The quantitative estimate of drug-likeness (QED) is 0.700. The Labute approximate surface area is 130 Å². The molecule has 3 heterocycles. The smallest absolute Gasteiger partial charge is 0.232 e. The number of aromatic nitrogens is 2. The van der Waals surface area contributed by atoms with E-state index in [0.717, 1.165) is 21.2 Å². The number of imidazole rings is 1. The van der Waals surface area contributed by atoms with Gasteiger partial charge in [-0.15, -0.1) is 11.3 Å². The van der Waals surface area contributed by atoms with E-state index < -0.39 is 0 Å². The Hall–Kier alpha value is -2.60. The van der Waals surface area contributed by atoms with Crippen molar-refractivity contribution in [1.29, 1.82) is 0 Å². The maximum atomic E-state index is 12.4. The molecule has 1 aromatic carbocycles. The third-order valence-corrected chi connectivity index (χ3v) is 4.48. The predicted octanol–water partition coefficient (Wildman–Crippen LogP) is 3.33. The van der Waals surface area contributed by atoms with Crippen molar-refractivity contribution in [1.82, 2.24) is 9.38 Å². The Morgan fingerprint density at radius 3 is 3.00 bits per heavy atom. The summed E-state index contributed by atoms with van der Waals surface area (Å²) in [7, 11) is 0. The second-order valence-corrected chi connectivity index (χ2v) is 6.41. The van der Waals surface area contributed by atoms with Crippen LogP contribution in [0.5, 0.6) is 11.5 Å². The molecule has 0 saturated heterocycles. The number of rotatable bonds is 1. The Bertz CT molecular complexity index is 965. The van der Waals surface area contributed by atoms with E-state index >= 15 is 0 Å². The van der Waals surface area contributed by atoms with Gasteiger partial charge in [0.25, 0.3) is 0 Å². The number of carbonyl (C=O) groups is 1.